The van der Waals surface area contributed by atoms with Gasteiger partial charge < -0.3 is 14.7 Å². The van der Waals surface area contributed by atoms with Crippen LogP contribution in [-0.4, -0.2) is 89.5 Å². The van der Waals surface area contributed by atoms with Crippen molar-refractivity contribution in [1.82, 2.24) is 24.9 Å². The minimum absolute atomic E-state index is 0.278. The van der Waals surface area contributed by atoms with Crippen molar-refractivity contribution in [2.24, 2.45) is 4.99 Å². The molecule has 2 unspecified atom stereocenters. The predicted molar refractivity (Wildman–Crippen MR) is 131 cm³/mol. The Balaban J connectivity index is 1.30. The van der Waals surface area contributed by atoms with Gasteiger partial charge in [0.25, 0.3) is 5.91 Å². The SMILES string of the molecule is CN1C(=O)NC(=O)C2C1N=C(N1CCN(Cc3cccc(Cl)c3)CC1)N2CCc1ccccc1. The number of imide groups is 1. The van der Waals surface area contributed by atoms with Crippen molar-refractivity contribution in [3.05, 3.63) is 70.7 Å². The van der Waals surface area contributed by atoms with Crippen LogP contribution in [0, 0.1) is 0 Å². The molecule has 2 aromatic carbocycles. The molecule has 0 aromatic heterocycles. The lowest BCUT2D eigenvalue weighted by atomic mass is 10.1. The topological polar surface area (TPSA) is 71.5 Å². The average molecular weight is 481 g/mol. The molecule has 0 saturated carbocycles. The number of hydrogen-bond acceptors (Lipinski definition) is 6. The van der Waals surface area contributed by atoms with Crippen LogP contribution < -0.4 is 5.32 Å². The van der Waals surface area contributed by atoms with Gasteiger partial charge in [-0.3, -0.25) is 15.0 Å². The van der Waals surface area contributed by atoms with E-state index in [0.717, 1.165) is 50.1 Å². The standard InChI is InChI=1S/C25H29ClN6O2/c1-29-22-21(23(33)28-25(29)34)32(11-10-18-6-3-2-4-7-18)24(27-22)31-14-12-30(13-15-31)17-19-8-5-9-20(26)16-19/h2-9,16,21-22H,10-15,17H2,1H3,(H,28,33,34). The lowest BCUT2D eigenvalue weighted by molar-refractivity contribution is -0.127. The highest BCUT2D eigenvalue weighted by molar-refractivity contribution is 6.30. The second-order valence-corrected chi connectivity index (χ2v) is 9.45. The Morgan fingerprint density at radius 1 is 1.00 bits per heavy atom. The van der Waals surface area contributed by atoms with Crippen LogP contribution >= 0.6 is 11.6 Å². The number of nitrogens with zero attached hydrogens (tertiary/aromatic N) is 5. The predicted octanol–water partition coefficient (Wildman–Crippen LogP) is 2.25. The van der Waals surface area contributed by atoms with Crippen molar-refractivity contribution >= 4 is 29.5 Å². The molecular formula is C25H29ClN6O2. The largest absolute Gasteiger partial charge is 0.340 e. The van der Waals surface area contributed by atoms with Gasteiger partial charge in [-0.15, -0.1) is 0 Å². The van der Waals surface area contributed by atoms with Gasteiger partial charge in [0.05, 0.1) is 0 Å². The summed E-state index contributed by atoms with van der Waals surface area (Å²) in [7, 11) is 1.70. The molecule has 1 N–H and O–H groups in total. The Labute approximate surface area is 204 Å². The summed E-state index contributed by atoms with van der Waals surface area (Å²) < 4.78 is 0. The number of likely N-dealkylation sites (N-methyl/N-ethyl adjacent to an activating group) is 1. The van der Waals surface area contributed by atoms with Crippen LogP contribution in [0.2, 0.25) is 5.02 Å². The van der Waals surface area contributed by atoms with Gasteiger partial charge in [-0.25, -0.2) is 9.79 Å². The zero-order chi connectivity index (χ0) is 23.7. The number of carbonyl (C=O) groups excluding carboxylic acids is 2. The van der Waals surface area contributed by atoms with Crippen LogP contribution in [0.4, 0.5) is 4.79 Å². The number of nitrogens with one attached hydrogen (secondary N) is 1. The highest BCUT2D eigenvalue weighted by Gasteiger charge is 2.49. The highest BCUT2D eigenvalue weighted by Crippen LogP contribution is 2.26. The van der Waals surface area contributed by atoms with E-state index in [9.17, 15) is 9.59 Å². The summed E-state index contributed by atoms with van der Waals surface area (Å²) in [6.07, 6.45) is 0.291. The van der Waals surface area contributed by atoms with Gasteiger partial charge in [0.1, 0.15) is 0 Å². The maximum absolute atomic E-state index is 12.9. The second kappa shape index (κ2) is 9.64. The molecule has 2 atom stereocenters. The molecule has 3 aliphatic heterocycles. The summed E-state index contributed by atoms with van der Waals surface area (Å²) in [6.45, 7) is 4.88. The van der Waals surface area contributed by atoms with E-state index in [1.165, 1.54) is 16.0 Å². The smallest absolute Gasteiger partial charge is 0.325 e. The number of piperazine rings is 1. The van der Waals surface area contributed by atoms with Crippen LogP contribution in [0.5, 0.6) is 0 Å². The zero-order valence-electron chi connectivity index (χ0n) is 19.2. The number of aliphatic imine (C=N–C) groups is 1. The van der Waals surface area contributed by atoms with Gasteiger partial charge in [-0.05, 0) is 29.7 Å². The van der Waals surface area contributed by atoms with E-state index < -0.39 is 18.2 Å². The Kier molecular flexibility index (Phi) is 6.43. The number of carbonyl (C=O) groups is 2. The summed E-state index contributed by atoms with van der Waals surface area (Å²) in [5.41, 5.74) is 2.41. The lowest BCUT2D eigenvalue weighted by Gasteiger charge is -2.40. The van der Waals surface area contributed by atoms with Crippen LogP contribution in [0.1, 0.15) is 11.1 Å². The molecule has 3 heterocycles. The molecule has 2 fully saturated rings. The maximum atomic E-state index is 12.9. The van der Waals surface area contributed by atoms with Gasteiger partial charge in [-0.1, -0.05) is 54.1 Å². The molecule has 3 aliphatic rings. The molecule has 9 heteroatoms. The molecule has 0 spiro atoms. The number of urea groups is 1. The third kappa shape index (κ3) is 4.60. The first-order valence-corrected chi connectivity index (χ1v) is 12.0. The molecule has 2 aromatic rings. The number of halogens is 1. The molecule has 0 bridgehead atoms. The average Bonchev–Trinajstić information content (AvgIpc) is 3.23. The number of fused-ring (bicyclic) bond motifs is 1. The fourth-order valence-corrected chi connectivity index (χ4v) is 5.12. The van der Waals surface area contributed by atoms with Crippen LogP contribution in [-0.2, 0) is 17.8 Å². The third-order valence-corrected chi connectivity index (χ3v) is 7.01. The van der Waals surface area contributed by atoms with Crippen molar-refractivity contribution in [3.8, 4) is 0 Å². The molecule has 3 amide bonds. The molecule has 2 saturated heterocycles. The number of rotatable bonds is 5. The minimum atomic E-state index is -0.508. The minimum Gasteiger partial charge on any atom is -0.340 e. The van der Waals surface area contributed by atoms with Gasteiger partial charge >= 0.3 is 6.03 Å². The quantitative estimate of drug-likeness (QED) is 0.710. The van der Waals surface area contributed by atoms with Crippen molar-refractivity contribution in [1.29, 1.82) is 0 Å². The first kappa shape index (κ1) is 22.7. The Bertz CT molecular complexity index is 1090. The molecular weight excluding hydrogens is 452 g/mol. The van der Waals surface area contributed by atoms with Crippen LogP contribution in [0.25, 0.3) is 0 Å². The van der Waals surface area contributed by atoms with Gasteiger partial charge in [0.2, 0.25) is 0 Å². The van der Waals surface area contributed by atoms with Crippen molar-refractivity contribution in [2.45, 2.75) is 25.2 Å². The third-order valence-electron chi connectivity index (χ3n) is 6.77. The Morgan fingerprint density at radius 3 is 2.47 bits per heavy atom. The highest BCUT2D eigenvalue weighted by atomic mass is 35.5. The summed E-state index contributed by atoms with van der Waals surface area (Å²) >= 11 is 6.15. The van der Waals surface area contributed by atoms with E-state index in [1.54, 1.807) is 7.05 Å². The first-order valence-electron chi connectivity index (χ1n) is 11.7. The second-order valence-electron chi connectivity index (χ2n) is 9.01. The Morgan fingerprint density at radius 2 is 1.74 bits per heavy atom. The van der Waals surface area contributed by atoms with Crippen molar-refractivity contribution < 1.29 is 9.59 Å². The van der Waals surface area contributed by atoms with E-state index in [-0.39, 0.29) is 5.91 Å². The van der Waals surface area contributed by atoms with Crippen molar-refractivity contribution in [2.75, 3.05) is 39.8 Å². The monoisotopic (exact) mass is 480 g/mol. The number of guanidine groups is 1. The first-order chi connectivity index (χ1) is 16.5. The molecule has 34 heavy (non-hydrogen) atoms. The summed E-state index contributed by atoms with van der Waals surface area (Å²) in [4.78, 5) is 38.3. The summed E-state index contributed by atoms with van der Waals surface area (Å²) in [6, 6.07) is 17.3. The normalized spacial score (nSPS) is 23.1. The summed E-state index contributed by atoms with van der Waals surface area (Å²) in [5, 5.41) is 3.24. The van der Waals surface area contributed by atoms with Crippen LogP contribution in [0.3, 0.4) is 0 Å². The van der Waals surface area contributed by atoms with E-state index in [2.05, 4.69) is 38.2 Å². The number of benzene rings is 2. The Hall–Kier alpha value is -3.10. The van der Waals surface area contributed by atoms with E-state index >= 15 is 0 Å². The molecule has 0 radical (unpaired) electrons. The molecule has 0 aliphatic carbocycles. The zero-order valence-corrected chi connectivity index (χ0v) is 20.0. The van der Waals surface area contributed by atoms with E-state index in [1.807, 2.05) is 36.4 Å². The van der Waals surface area contributed by atoms with Gasteiger partial charge in [-0.2, -0.15) is 0 Å². The maximum Gasteiger partial charge on any atom is 0.325 e. The van der Waals surface area contributed by atoms with Gasteiger partial charge in [0.15, 0.2) is 18.2 Å². The van der Waals surface area contributed by atoms with E-state index in [4.69, 9.17) is 16.6 Å². The molecule has 5 rings (SSSR count). The van der Waals surface area contributed by atoms with Crippen molar-refractivity contribution in [3.63, 3.8) is 0 Å². The molecule has 8 nitrogen and oxygen atoms in total. The number of hydrogen-bond donors (Lipinski definition) is 1. The van der Waals surface area contributed by atoms with E-state index in [0.29, 0.717) is 6.54 Å². The fraction of sp³-hybridized carbons (Fsp3) is 0.400. The van der Waals surface area contributed by atoms with Crippen LogP contribution in [0.15, 0.2) is 59.6 Å². The fourth-order valence-electron chi connectivity index (χ4n) is 4.91. The summed E-state index contributed by atoms with van der Waals surface area (Å²) in [5.74, 6) is 0.532. The molecule has 178 valence electrons. The van der Waals surface area contributed by atoms with Gasteiger partial charge in [0, 0.05) is 51.3 Å². The lowest BCUT2D eigenvalue weighted by Crippen LogP contribution is -2.64. The number of amides is 3.